The molecule has 3 nitrogen and oxygen atoms in total. The van der Waals surface area contributed by atoms with Gasteiger partial charge in [-0.25, -0.2) is 0 Å². The smallest absolute Gasteiger partial charge is 0.395 e. The first kappa shape index (κ1) is 15.8. The molecule has 0 fully saturated rings. The quantitative estimate of drug-likeness (QED) is 0.941. The zero-order chi connectivity index (χ0) is 15.6. The number of carbonyl (C=O) groups is 1. The van der Waals surface area contributed by atoms with Gasteiger partial charge >= 0.3 is 6.18 Å². The highest BCUT2D eigenvalue weighted by Gasteiger charge is 2.34. The number of amides is 1. The Hall–Kier alpha value is -1.60. The molecule has 0 radical (unpaired) electrons. The van der Waals surface area contributed by atoms with E-state index in [9.17, 15) is 18.0 Å². The van der Waals surface area contributed by atoms with E-state index in [0.29, 0.717) is 10.5 Å². The third-order valence-corrected chi connectivity index (χ3v) is 4.33. The second-order valence-corrected chi connectivity index (χ2v) is 5.67. The van der Waals surface area contributed by atoms with E-state index in [1.165, 1.54) is 11.3 Å². The Morgan fingerprint density at radius 3 is 2.57 bits per heavy atom. The number of halogens is 3. The number of aryl methyl sites for hydroxylation is 1. The van der Waals surface area contributed by atoms with Crippen LogP contribution in [0.5, 0.6) is 0 Å². The minimum absolute atomic E-state index is 0.286. The van der Waals surface area contributed by atoms with Gasteiger partial charge in [0.1, 0.15) is 6.54 Å². The van der Waals surface area contributed by atoms with Gasteiger partial charge in [0, 0.05) is 11.2 Å². The van der Waals surface area contributed by atoms with Crippen LogP contribution in [0.1, 0.15) is 15.2 Å². The average molecular weight is 317 g/mol. The summed E-state index contributed by atoms with van der Waals surface area (Å²) in [5, 5.41) is 9.74. The van der Waals surface area contributed by atoms with Crippen LogP contribution >= 0.6 is 11.3 Å². The van der Waals surface area contributed by atoms with Gasteiger partial charge in [-0.1, -0.05) is 18.2 Å². The van der Waals surface area contributed by atoms with E-state index in [0.717, 1.165) is 10.1 Å². The number of hydrogen-bond donors (Lipinski definition) is 1. The van der Waals surface area contributed by atoms with Crippen LogP contribution in [0.3, 0.4) is 0 Å². The highest BCUT2D eigenvalue weighted by Crippen LogP contribution is 2.32. The molecule has 0 aliphatic rings. The summed E-state index contributed by atoms with van der Waals surface area (Å²) in [4.78, 5) is 13.3. The highest BCUT2D eigenvalue weighted by molar-refractivity contribution is 7.21. The molecular formula is C14H14F3NO2S. The molecule has 7 heteroatoms. The predicted molar refractivity (Wildman–Crippen MR) is 75.6 cm³/mol. The fourth-order valence-corrected chi connectivity index (χ4v) is 3.29. The number of alkyl halides is 3. The third kappa shape index (κ3) is 3.54. The summed E-state index contributed by atoms with van der Waals surface area (Å²) < 4.78 is 38.5. The Morgan fingerprint density at radius 2 is 2.00 bits per heavy atom. The van der Waals surface area contributed by atoms with Crippen LogP contribution < -0.4 is 0 Å². The molecule has 0 aliphatic carbocycles. The fraction of sp³-hybridized carbons (Fsp3) is 0.357. The second-order valence-electron chi connectivity index (χ2n) is 4.62. The Kier molecular flexibility index (Phi) is 4.53. The number of nitrogens with zero attached hydrogens (tertiary/aromatic N) is 1. The van der Waals surface area contributed by atoms with Crippen molar-refractivity contribution in [2.45, 2.75) is 13.1 Å². The number of thiophene rings is 1. The monoisotopic (exact) mass is 317 g/mol. The second kappa shape index (κ2) is 6.03. The molecule has 0 aliphatic heterocycles. The summed E-state index contributed by atoms with van der Waals surface area (Å²) in [7, 11) is 0. The van der Waals surface area contributed by atoms with Crippen molar-refractivity contribution < 1.29 is 23.1 Å². The van der Waals surface area contributed by atoms with E-state index < -0.39 is 25.2 Å². The molecule has 0 saturated carbocycles. The predicted octanol–water partition coefficient (Wildman–Crippen LogP) is 3.21. The molecule has 2 rings (SSSR count). The molecule has 0 spiro atoms. The van der Waals surface area contributed by atoms with Crippen LogP contribution in [-0.4, -0.2) is 41.8 Å². The van der Waals surface area contributed by atoms with E-state index in [1.807, 2.05) is 24.3 Å². The molecule has 1 aromatic heterocycles. The topological polar surface area (TPSA) is 40.5 Å². The molecule has 1 heterocycles. The number of aliphatic hydroxyl groups excluding tert-OH is 1. The maximum absolute atomic E-state index is 12.5. The van der Waals surface area contributed by atoms with Crippen LogP contribution in [-0.2, 0) is 0 Å². The van der Waals surface area contributed by atoms with Gasteiger partial charge < -0.3 is 10.0 Å². The molecule has 1 aromatic carbocycles. The van der Waals surface area contributed by atoms with Crippen molar-refractivity contribution in [1.82, 2.24) is 4.90 Å². The molecule has 0 bridgehead atoms. The van der Waals surface area contributed by atoms with Crippen molar-refractivity contribution in [3.63, 3.8) is 0 Å². The number of carbonyl (C=O) groups excluding carboxylic acids is 1. The van der Waals surface area contributed by atoms with E-state index in [2.05, 4.69) is 0 Å². The van der Waals surface area contributed by atoms with Crippen molar-refractivity contribution in [2.24, 2.45) is 0 Å². The van der Waals surface area contributed by atoms with Gasteiger partial charge in [0.15, 0.2) is 0 Å². The summed E-state index contributed by atoms with van der Waals surface area (Å²) in [6.07, 6.45) is -4.49. The largest absolute Gasteiger partial charge is 0.406 e. The van der Waals surface area contributed by atoms with Gasteiger partial charge in [-0.15, -0.1) is 11.3 Å². The van der Waals surface area contributed by atoms with E-state index >= 15 is 0 Å². The van der Waals surface area contributed by atoms with Crippen LogP contribution in [0.4, 0.5) is 13.2 Å². The molecular weight excluding hydrogens is 303 g/mol. The lowest BCUT2D eigenvalue weighted by Crippen LogP contribution is -2.40. The summed E-state index contributed by atoms with van der Waals surface area (Å²) in [6.45, 7) is -0.491. The Labute approximate surface area is 123 Å². The summed E-state index contributed by atoms with van der Waals surface area (Å²) >= 11 is 1.17. The van der Waals surface area contributed by atoms with E-state index in [-0.39, 0.29) is 11.4 Å². The van der Waals surface area contributed by atoms with Gasteiger partial charge in [0.2, 0.25) is 0 Å². The van der Waals surface area contributed by atoms with Crippen LogP contribution in [0.15, 0.2) is 24.3 Å². The van der Waals surface area contributed by atoms with Crippen LogP contribution in [0, 0.1) is 6.92 Å². The van der Waals surface area contributed by atoms with Crippen molar-refractivity contribution in [2.75, 3.05) is 19.7 Å². The number of rotatable bonds is 4. The SMILES string of the molecule is Cc1c(C(=O)N(CCO)CC(F)(F)F)sc2ccccc12. The van der Waals surface area contributed by atoms with Gasteiger partial charge in [-0.2, -0.15) is 13.2 Å². The molecule has 1 amide bonds. The first-order valence-electron chi connectivity index (χ1n) is 6.28. The molecule has 0 atom stereocenters. The normalized spacial score (nSPS) is 11.9. The lowest BCUT2D eigenvalue weighted by Gasteiger charge is -2.22. The zero-order valence-corrected chi connectivity index (χ0v) is 12.1. The summed E-state index contributed by atoms with van der Waals surface area (Å²) in [6, 6.07) is 7.28. The number of benzene rings is 1. The zero-order valence-electron chi connectivity index (χ0n) is 11.3. The highest BCUT2D eigenvalue weighted by atomic mass is 32.1. The van der Waals surface area contributed by atoms with E-state index in [1.54, 1.807) is 6.92 Å². The van der Waals surface area contributed by atoms with Crippen LogP contribution in [0.25, 0.3) is 10.1 Å². The summed E-state index contributed by atoms with van der Waals surface area (Å²) in [5.41, 5.74) is 0.672. The molecule has 0 unspecified atom stereocenters. The Balaban J connectivity index is 2.36. The molecule has 2 aromatic rings. The summed E-state index contributed by atoms with van der Waals surface area (Å²) in [5.74, 6) is -0.694. The molecule has 1 N–H and O–H groups in total. The van der Waals surface area contributed by atoms with E-state index in [4.69, 9.17) is 5.11 Å². The Morgan fingerprint density at radius 1 is 1.33 bits per heavy atom. The number of fused-ring (bicyclic) bond motifs is 1. The average Bonchev–Trinajstić information content (AvgIpc) is 2.74. The first-order valence-corrected chi connectivity index (χ1v) is 7.10. The van der Waals surface area contributed by atoms with Gasteiger partial charge in [-0.05, 0) is 23.9 Å². The van der Waals surface area contributed by atoms with Crippen molar-refractivity contribution in [1.29, 1.82) is 0 Å². The molecule has 21 heavy (non-hydrogen) atoms. The standard InChI is InChI=1S/C14H14F3NO2S/c1-9-10-4-2-3-5-11(10)21-12(9)13(20)18(6-7-19)8-14(15,16)17/h2-5,19H,6-8H2,1H3. The maximum atomic E-state index is 12.5. The van der Waals surface area contributed by atoms with Gasteiger partial charge in [0.25, 0.3) is 5.91 Å². The first-order chi connectivity index (χ1) is 9.83. The lowest BCUT2D eigenvalue weighted by atomic mass is 10.1. The minimum Gasteiger partial charge on any atom is -0.395 e. The third-order valence-electron chi connectivity index (χ3n) is 3.07. The van der Waals surface area contributed by atoms with Crippen LogP contribution in [0.2, 0.25) is 0 Å². The number of aliphatic hydroxyl groups is 1. The van der Waals surface area contributed by atoms with Crippen molar-refractivity contribution >= 4 is 27.3 Å². The van der Waals surface area contributed by atoms with Gasteiger partial charge in [-0.3, -0.25) is 4.79 Å². The van der Waals surface area contributed by atoms with Crippen molar-refractivity contribution in [3.8, 4) is 0 Å². The Bertz CT molecular complexity index is 651. The lowest BCUT2D eigenvalue weighted by molar-refractivity contribution is -0.141. The number of hydrogen-bond acceptors (Lipinski definition) is 3. The van der Waals surface area contributed by atoms with Crippen molar-refractivity contribution in [3.05, 3.63) is 34.7 Å². The maximum Gasteiger partial charge on any atom is 0.406 e. The van der Waals surface area contributed by atoms with Gasteiger partial charge in [0.05, 0.1) is 11.5 Å². The molecule has 114 valence electrons. The minimum atomic E-state index is -4.49. The fourth-order valence-electron chi connectivity index (χ4n) is 2.11. The molecule has 0 saturated heterocycles.